The van der Waals surface area contributed by atoms with Gasteiger partial charge in [-0.25, -0.2) is 0 Å². The van der Waals surface area contributed by atoms with E-state index in [-0.39, 0.29) is 0 Å². The van der Waals surface area contributed by atoms with Crippen LogP contribution in [0.4, 0.5) is 11.4 Å². The second-order valence-corrected chi connectivity index (χ2v) is 6.65. The number of anilines is 2. The van der Waals surface area contributed by atoms with Gasteiger partial charge in [0.2, 0.25) is 0 Å². The van der Waals surface area contributed by atoms with E-state index in [2.05, 4.69) is 15.7 Å². The van der Waals surface area contributed by atoms with E-state index in [4.69, 9.17) is 40.2 Å². The van der Waals surface area contributed by atoms with Crippen molar-refractivity contribution in [3.8, 4) is 5.75 Å². The van der Waals surface area contributed by atoms with E-state index in [1.165, 1.54) is 0 Å². The summed E-state index contributed by atoms with van der Waals surface area (Å²) < 4.78 is 7.05. The van der Waals surface area contributed by atoms with Gasteiger partial charge in [0.05, 0.1) is 41.3 Å². The van der Waals surface area contributed by atoms with E-state index in [9.17, 15) is 0 Å². The molecule has 0 bridgehead atoms. The third-order valence-electron chi connectivity index (χ3n) is 3.57. The number of rotatable bonds is 5. The number of ether oxygens (including phenoxy) is 1. The van der Waals surface area contributed by atoms with E-state index in [0.717, 1.165) is 17.0 Å². The van der Waals surface area contributed by atoms with Gasteiger partial charge in [-0.2, -0.15) is 5.10 Å². The molecule has 1 aromatic heterocycles. The summed E-state index contributed by atoms with van der Waals surface area (Å²) in [6.07, 6.45) is 3.57. The fourth-order valence-electron chi connectivity index (χ4n) is 2.36. The van der Waals surface area contributed by atoms with Crippen LogP contribution in [-0.4, -0.2) is 22.0 Å². The highest BCUT2D eigenvalue weighted by atomic mass is 35.5. The van der Waals surface area contributed by atoms with Gasteiger partial charge in [0.1, 0.15) is 5.75 Å². The van der Waals surface area contributed by atoms with Crippen molar-refractivity contribution in [1.82, 2.24) is 9.78 Å². The fourth-order valence-corrected chi connectivity index (χ4v) is 2.93. The van der Waals surface area contributed by atoms with Crippen LogP contribution in [0.2, 0.25) is 10.0 Å². The molecule has 1 heterocycles. The number of nitrogens with zero attached hydrogens (tertiary/aromatic N) is 2. The van der Waals surface area contributed by atoms with Crippen LogP contribution in [0.15, 0.2) is 54.9 Å². The largest absolute Gasteiger partial charge is 0.497 e. The first-order chi connectivity index (χ1) is 12.5. The first-order valence-corrected chi connectivity index (χ1v) is 8.89. The smallest absolute Gasteiger partial charge is 0.175 e. The number of thiocarbonyl (C=S) groups is 1. The summed E-state index contributed by atoms with van der Waals surface area (Å²) in [5.74, 6) is 0.816. The molecule has 2 aromatic carbocycles. The van der Waals surface area contributed by atoms with Crippen LogP contribution in [0, 0.1) is 0 Å². The van der Waals surface area contributed by atoms with Gasteiger partial charge in [-0.3, -0.25) is 4.68 Å². The molecule has 0 spiro atoms. The molecular formula is C18H16Cl2N4OS. The fraction of sp³-hybridized carbons (Fsp3) is 0.111. The van der Waals surface area contributed by atoms with Gasteiger partial charge in [-0.15, -0.1) is 0 Å². The Balaban J connectivity index is 1.62. The van der Waals surface area contributed by atoms with Crippen LogP contribution in [0.1, 0.15) is 5.56 Å². The minimum Gasteiger partial charge on any atom is -0.497 e. The van der Waals surface area contributed by atoms with Crippen molar-refractivity contribution in [2.75, 3.05) is 17.7 Å². The number of aromatic nitrogens is 2. The zero-order valence-electron chi connectivity index (χ0n) is 13.9. The Bertz CT molecular complexity index is 929. The maximum atomic E-state index is 6.15. The van der Waals surface area contributed by atoms with Crippen LogP contribution in [0.25, 0.3) is 0 Å². The van der Waals surface area contributed by atoms with Crippen LogP contribution in [0.5, 0.6) is 5.75 Å². The van der Waals surface area contributed by atoms with E-state index in [0.29, 0.717) is 27.4 Å². The molecule has 0 radical (unpaired) electrons. The van der Waals surface area contributed by atoms with E-state index < -0.39 is 0 Å². The summed E-state index contributed by atoms with van der Waals surface area (Å²) in [7, 11) is 1.65. The number of benzene rings is 2. The van der Waals surface area contributed by atoms with E-state index in [1.807, 2.05) is 35.1 Å². The molecule has 0 aliphatic carbocycles. The highest BCUT2D eigenvalue weighted by Gasteiger charge is 2.07. The number of halogens is 2. The Morgan fingerprint density at radius 1 is 1.19 bits per heavy atom. The molecular weight excluding hydrogens is 391 g/mol. The van der Waals surface area contributed by atoms with Crippen molar-refractivity contribution in [3.63, 3.8) is 0 Å². The van der Waals surface area contributed by atoms with Gasteiger partial charge in [0, 0.05) is 6.20 Å². The monoisotopic (exact) mass is 406 g/mol. The van der Waals surface area contributed by atoms with Crippen molar-refractivity contribution in [2.45, 2.75) is 6.54 Å². The molecule has 0 saturated carbocycles. The van der Waals surface area contributed by atoms with Gasteiger partial charge >= 0.3 is 0 Å². The molecule has 0 unspecified atom stereocenters. The molecule has 134 valence electrons. The van der Waals surface area contributed by atoms with Crippen LogP contribution in [0.3, 0.4) is 0 Å². The maximum absolute atomic E-state index is 6.15. The molecule has 5 nitrogen and oxygen atoms in total. The molecule has 8 heteroatoms. The molecule has 0 aliphatic rings. The highest BCUT2D eigenvalue weighted by molar-refractivity contribution is 7.80. The second kappa shape index (κ2) is 8.40. The van der Waals surface area contributed by atoms with Crippen molar-refractivity contribution >= 4 is 51.9 Å². The molecule has 0 saturated heterocycles. The van der Waals surface area contributed by atoms with Crippen LogP contribution < -0.4 is 15.4 Å². The first kappa shape index (κ1) is 18.5. The molecule has 2 N–H and O–H groups in total. The molecule has 3 rings (SSSR count). The van der Waals surface area contributed by atoms with Crippen molar-refractivity contribution in [3.05, 3.63) is 70.5 Å². The third kappa shape index (κ3) is 4.66. The summed E-state index contributed by atoms with van der Waals surface area (Å²) >= 11 is 17.5. The van der Waals surface area contributed by atoms with Crippen LogP contribution >= 0.6 is 35.4 Å². The second-order valence-electron chi connectivity index (χ2n) is 5.46. The van der Waals surface area contributed by atoms with Gasteiger partial charge in [0.15, 0.2) is 5.11 Å². The summed E-state index contributed by atoms with van der Waals surface area (Å²) in [5.41, 5.74) is 2.49. The number of hydrogen-bond donors (Lipinski definition) is 2. The lowest BCUT2D eigenvalue weighted by Gasteiger charge is -2.11. The number of hydrogen-bond acceptors (Lipinski definition) is 3. The summed E-state index contributed by atoms with van der Waals surface area (Å²) in [6.45, 7) is 0.624. The summed E-state index contributed by atoms with van der Waals surface area (Å²) in [5, 5.41) is 11.7. The molecule has 0 fully saturated rings. The Morgan fingerprint density at radius 3 is 2.81 bits per heavy atom. The molecule has 26 heavy (non-hydrogen) atoms. The Morgan fingerprint density at radius 2 is 2.00 bits per heavy atom. The first-order valence-electron chi connectivity index (χ1n) is 7.72. The quantitative estimate of drug-likeness (QED) is 0.580. The standard InChI is InChI=1S/C18H16Cl2N4OS/c1-25-14-5-2-4-12(8-14)10-24-11-13(9-21-24)22-18(26)23-16-7-3-6-15(19)17(16)20/h2-9,11H,10H2,1H3,(H2,22,23,26). The maximum Gasteiger partial charge on any atom is 0.175 e. The Kier molecular flexibility index (Phi) is 5.98. The minimum atomic E-state index is 0.398. The SMILES string of the molecule is COc1cccc(Cn2cc(NC(=S)Nc3cccc(Cl)c3Cl)cn2)c1. The predicted octanol–water partition coefficient (Wildman–Crippen LogP) is 5.06. The normalized spacial score (nSPS) is 10.4. The van der Waals surface area contributed by atoms with Crippen molar-refractivity contribution < 1.29 is 4.74 Å². The number of methoxy groups -OCH3 is 1. The van der Waals surface area contributed by atoms with Gasteiger partial charge < -0.3 is 15.4 Å². The highest BCUT2D eigenvalue weighted by Crippen LogP contribution is 2.29. The Hall–Kier alpha value is -2.28. The predicted molar refractivity (Wildman–Crippen MR) is 111 cm³/mol. The topological polar surface area (TPSA) is 51.1 Å². The average molecular weight is 407 g/mol. The van der Waals surface area contributed by atoms with E-state index in [1.54, 1.807) is 31.5 Å². The summed E-state index contributed by atoms with van der Waals surface area (Å²) in [4.78, 5) is 0. The van der Waals surface area contributed by atoms with Crippen LogP contribution in [-0.2, 0) is 6.54 Å². The zero-order valence-corrected chi connectivity index (χ0v) is 16.2. The lowest BCUT2D eigenvalue weighted by molar-refractivity contribution is 0.414. The Labute approximate surface area is 166 Å². The zero-order chi connectivity index (χ0) is 18.5. The van der Waals surface area contributed by atoms with Crippen molar-refractivity contribution in [2.24, 2.45) is 0 Å². The molecule has 0 aliphatic heterocycles. The van der Waals surface area contributed by atoms with Crippen molar-refractivity contribution in [1.29, 1.82) is 0 Å². The number of nitrogens with one attached hydrogen (secondary N) is 2. The van der Waals surface area contributed by atoms with Gasteiger partial charge in [-0.05, 0) is 42.0 Å². The average Bonchev–Trinajstić information content (AvgIpc) is 3.05. The molecule has 0 atom stereocenters. The third-order valence-corrected chi connectivity index (χ3v) is 4.59. The molecule has 0 amide bonds. The van der Waals surface area contributed by atoms with Gasteiger partial charge in [0.25, 0.3) is 0 Å². The molecule has 3 aromatic rings. The van der Waals surface area contributed by atoms with Gasteiger partial charge in [-0.1, -0.05) is 41.4 Å². The lowest BCUT2D eigenvalue weighted by Crippen LogP contribution is -2.19. The lowest BCUT2D eigenvalue weighted by atomic mass is 10.2. The summed E-state index contributed by atoms with van der Waals surface area (Å²) in [6, 6.07) is 13.2. The minimum absolute atomic E-state index is 0.398. The van der Waals surface area contributed by atoms with E-state index >= 15 is 0 Å².